The molecule has 0 fully saturated rings. The molecule has 0 aliphatic heterocycles. The van der Waals surface area contributed by atoms with Crippen LogP contribution in [0.1, 0.15) is 46.5 Å². The zero-order chi connectivity index (χ0) is 21.1. The second-order valence-corrected chi connectivity index (χ2v) is 8.41. The van der Waals surface area contributed by atoms with Crippen molar-refractivity contribution in [1.82, 2.24) is 14.5 Å². The lowest BCUT2D eigenvalue weighted by Gasteiger charge is -2.13. The van der Waals surface area contributed by atoms with Gasteiger partial charge >= 0.3 is 0 Å². The molecule has 2 aromatic carbocycles. The lowest BCUT2D eigenvalue weighted by atomic mass is 10.2. The van der Waals surface area contributed by atoms with Gasteiger partial charge in [-0.15, -0.1) is 0 Å². The Balaban J connectivity index is 1.89. The molecule has 2 aromatic heterocycles. The summed E-state index contributed by atoms with van der Waals surface area (Å²) in [6.07, 6.45) is 4.20. The standard InChI is InChI=1S/C24H28BrN3O2/c1-4-7-11-29-21-14-18-19(15-22(21)30-12-8-5-2)27-24-23(26-18)17-13-16(25)9-10-20(17)28(24)6-3/h9-10,13-15H,4-8,11-12H2,1-3H3. The average molecular weight is 470 g/mol. The molecule has 0 saturated heterocycles. The van der Waals surface area contributed by atoms with Crippen LogP contribution < -0.4 is 9.47 Å². The normalized spacial score (nSPS) is 11.6. The predicted molar refractivity (Wildman–Crippen MR) is 127 cm³/mol. The number of hydrogen-bond acceptors (Lipinski definition) is 4. The minimum absolute atomic E-state index is 0.671. The van der Waals surface area contributed by atoms with Gasteiger partial charge in [0.15, 0.2) is 17.1 Å². The molecule has 4 rings (SSSR count). The van der Waals surface area contributed by atoms with Gasteiger partial charge in [0.25, 0.3) is 0 Å². The Morgan fingerprint density at radius 3 is 2.10 bits per heavy atom. The third-order valence-electron chi connectivity index (χ3n) is 5.30. The summed E-state index contributed by atoms with van der Waals surface area (Å²) in [7, 11) is 0. The number of aryl methyl sites for hydroxylation is 1. The number of unbranched alkanes of at least 4 members (excludes halogenated alkanes) is 2. The second kappa shape index (κ2) is 9.21. The number of aromatic nitrogens is 3. The fourth-order valence-electron chi connectivity index (χ4n) is 3.67. The highest BCUT2D eigenvalue weighted by molar-refractivity contribution is 9.10. The first kappa shape index (κ1) is 20.9. The van der Waals surface area contributed by atoms with Gasteiger partial charge in [-0.3, -0.25) is 0 Å². The molecule has 0 amide bonds. The highest BCUT2D eigenvalue weighted by atomic mass is 79.9. The van der Waals surface area contributed by atoms with Gasteiger partial charge in [-0.1, -0.05) is 42.6 Å². The van der Waals surface area contributed by atoms with E-state index in [0.717, 1.165) is 81.3 Å². The highest BCUT2D eigenvalue weighted by Gasteiger charge is 2.16. The Hall–Kier alpha value is -2.34. The van der Waals surface area contributed by atoms with Crippen LogP contribution in [0.4, 0.5) is 0 Å². The minimum Gasteiger partial charge on any atom is -0.490 e. The third kappa shape index (κ3) is 3.97. The Kier molecular flexibility index (Phi) is 6.42. The van der Waals surface area contributed by atoms with Gasteiger partial charge in [0.1, 0.15) is 5.52 Å². The number of nitrogens with zero attached hydrogens (tertiary/aromatic N) is 3. The number of halogens is 1. The zero-order valence-corrected chi connectivity index (χ0v) is 19.5. The Morgan fingerprint density at radius 1 is 0.867 bits per heavy atom. The first-order valence-corrected chi connectivity index (χ1v) is 11.6. The van der Waals surface area contributed by atoms with Crippen molar-refractivity contribution in [2.75, 3.05) is 13.2 Å². The smallest absolute Gasteiger partial charge is 0.163 e. The van der Waals surface area contributed by atoms with E-state index >= 15 is 0 Å². The average Bonchev–Trinajstić information content (AvgIpc) is 3.04. The summed E-state index contributed by atoms with van der Waals surface area (Å²) >= 11 is 3.59. The molecular weight excluding hydrogens is 442 g/mol. The van der Waals surface area contributed by atoms with Crippen LogP contribution in [0.5, 0.6) is 11.5 Å². The van der Waals surface area contributed by atoms with Crippen molar-refractivity contribution in [3.8, 4) is 11.5 Å². The van der Waals surface area contributed by atoms with Crippen molar-refractivity contribution in [2.45, 2.75) is 53.0 Å². The van der Waals surface area contributed by atoms with Crippen LogP contribution in [0, 0.1) is 0 Å². The summed E-state index contributed by atoms with van der Waals surface area (Å²) in [5.74, 6) is 1.50. The molecule has 4 aromatic rings. The summed E-state index contributed by atoms with van der Waals surface area (Å²) in [4.78, 5) is 9.99. The van der Waals surface area contributed by atoms with E-state index in [-0.39, 0.29) is 0 Å². The number of hydrogen-bond donors (Lipinski definition) is 0. The van der Waals surface area contributed by atoms with Crippen molar-refractivity contribution in [1.29, 1.82) is 0 Å². The van der Waals surface area contributed by atoms with Crippen LogP contribution in [0.2, 0.25) is 0 Å². The molecule has 30 heavy (non-hydrogen) atoms. The van der Waals surface area contributed by atoms with Crippen molar-refractivity contribution in [3.05, 3.63) is 34.8 Å². The number of rotatable bonds is 9. The monoisotopic (exact) mass is 469 g/mol. The van der Waals surface area contributed by atoms with Crippen LogP contribution in [-0.2, 0) is 6.54 Å². The molecular formula is C24H28BrN3O2. The van der Waals surface area contributed by atoms with Gasteiger partial charge in [0, 0.05) is 28.5 Å². The summed E-state index contributed by atoms with van der Waals surface area (Å²) < 4.78 is 15.4. The van der Waals surface area contributed by atoms with Crippen LogP contribution in [0.15, 0.2) is 34.8 Å². The lowest BCUT2D eigenvalue weighted by molar-refractivity contribution is 0.262. The van der Waals surface area contributed by atoms with Crippen LogP contribution in [0.3, 0.4) is 0 Å². The first-order chi connectivity index (χ1) is 14.7. The van der Waals surface area contributed by atoms with E-state index in [1.807, 2.05) is 12.1 Å². The second-order valence-electron chi connectivity index (χ2n) is 7.49. The molecule has 0 aliphatic carbocycles. The van der Waals surface area contributed by atoms with E-state index in [4.69, 9.17) is 19.4 Å². The van der Waals surface area contributed by atoms with E-state index in [9.17, 15) is 0 Å². The van der Waals surface area contributed by atoms with Crippen LogP contribution >= 0.6 is 15.9 Å². The summed E-state index contributed by atoms with van der Waals surface area (Å²) in [5, 5.41) is 1.10. The summed E-state index contributed by atoms with van der Waals surface area (Å²) in [6.45, 7) is 8.63. The van der Waals surface area contributed by atoms with Gasteiger partial charge in [0.05, 0.1) is 29.8 Å². The van der Waals surface area contributed by atoms with Gasteiger partial charge in [-0.05, 0) is 38.0 Å². The maximum Gasteiger partial charge on any atom is 0.163 e. The Labute approximate surface area is 185 Å². The molecule has 0 saturated carbocycles. The van der Waals surface area contributed by atoms with E-state index in [0.29, 0.717) is 13.2 Å². The largest absolute Gasteiger partial charge is 0.490 e. The number of fused-ring (bicyclic) bond motifs is 4. The quantitative estimate of drug-likeness (QED) is 0.250. The first-order valence-electron chi connectivity index (χ1n) is 10.8. The Bertz CT molecular complexity index is 1190. The maximum atomic E-state index is 6.06. The Morgan fingerprint density at radius 2 is 1.50 bits per heavy atom. The predicted octanol–water partition coefficient (Wildman–Crippen LogP) is 6.88. The molecule has 0 radical (unpaired) electrons. The summed E-state index contributed by atoms with van der Waals surface area (Å²) in [6, 6.07) is 10.3. The topological polar surface area (TPSA) is 49.2 Å². The van der Waals surface area contributed by atoms with E-state index in [1.165, 1.54) is 0 Å². The highest BCUT2D eigenvalue weighted by Crippen LogP contribution is 2.35. The molecule has 158 valence electrons. The fraction of sp³-hybridized carbons (Fsp3) is 0.417. The van der Waals surface area contributed by atoms with Gasteiger partial charge in [-0.25, -0.2) is 9.97 Å². The molecule has 0 unspecified atom stereocenters. The number of benzene rings is 2. The van der Waals surface area contributed by atoms with Crippen molar-refractivity contribution >= 4 is 49.0 Å². The molecule has 6 heteroatoms. The van der Waals surface area contributed by atoms with Crippen molar-refractivity contribution in [2.24, 2.45) is 0 Å². The van der Waals surface area contributed by atoms with E-state index in [1.54, 1.807) is 0 Å². The lowest BCUT2D eigenvalue weighted by Crippen LogP contribution is -2.03. The maximum absolute atomic E-state index is 6.06. The van der Waals surface area contributed by atoms with Gasteiger partial charge in [-0.2, -0.15) is 0 Å². The molecule has 5 nitrogen and oxygen atoms in total. The molecule has 0 N–H and O–H groups in total. The molecule has 2 heterocycles. The van der Waals surface area contributed by atoms with Gasteiger partial charge < -0.3 is 14.0 Å². The van der Waals surface area contributed by atoms with Crippen LogP contribution in [0.25, 0.3) is 33.1 Å². The van der Waals surface area contributed by atoms with Crippen molar-refractivity contribution < 1.29 is 9.47 Å². The third-order valence-corrected chi connectivity index (χ3v) is 5.79. The van der Waals surface area contributed by atoms with Gasteiger partial charge in [0.2, 0.25) is 0 Å². The van der Waals surface area contributed by atoms with E-state index < -0.39 is 0 Å². The summed E-state index contributed by atoms with van der Waals surface area (Å²) in [5.41, 5.74) is 4.61. The molecule has 0 bridgehead atoms. The van der Waals surface area contributed by atoms with E-state index in [2.05, 4.69) is 59.5 Å². The fourth-order valence-corrected chi connectivity index (χ4v) is 4.03. The SMILES string of the molecule is CCCCOc1cc2nc3c4cc(Br)ccc4n(CC)c3nc2cc1OCCCC. The van der Waals surface area contributed by atoms with Crippen LogP contribution in [-0.4, -0.2) is 27.7 Å². The molecule has 0 spiro atoms. The van der Waals surface area contributed by atoms with Crippen molar-refractivity contribution in [3.63, 3.8) is 0 Å². The number of ether oxygens (including phenoxy) is 2. The molecule has 0 atom stereocenters. The minimum atomic E-state index is 0.671. The zero-order valence-electron chi connectivity index (χ0n) is 17.9. The molecule has 0 aliphatic rings.